The molecule has 2 fully saturated rings. The number of hydrogen-bond acceptors (Lipinski definition) is 14. The van der Waals surface area contributed by atoms with Crippen LogP contribution in [0, 0.1) is 0 Å². The Hall–Kier alpha value is -3.97. The Morgan fingerprint density at radius 2 is 2.08 bits per heavy atom. The van der Waals surface area contributed by atoms with Crippen molar-refractivity contribution in [3.05, 3.63) is 39.0 Å². The fourth-order valence-corrected chi connectivity index (χ4v) is 6.97. The molecule has 1 saturated carbocycles. The average Bonchev–Trinajstić information content (AvgIpc) is 3.32. The van der Waals surface area contributed by atoms with E-state index in [0.29, 0.717) is 12.0 Å². The number of carboxylic acid groups (broad SMARTS) is 2. The molecule has 2 amide bonds. The Labute approximate surface area is 236 Å². The average molecular weight is 609 g/mol. The number of H-pyrrole nitrogens is 1. The number of carbonyl (C=O) groups is 4. The largest absolute Gasteiger partial charge is 0.478 e. The van der Waals surface area contributed by atoms with Gasteiger partial charge in [-0.1, -0.05) is 5.16 Å². The normalized spacial score (nSPS) is 21.6. The molecule has 2 aliphatic heterocycles. The molecule has 1 saturated heterocycles. The van der Waals surface area contributed by atoms with Gasteiger partial charge in [-0.3, -0.25) is 14.5 Å². The maximum absolute atomic E-state index is 13.2. The third-order valence-electron chi connectivity index (χ3n) is 6.32. The SMILES string of the molecule is Nc1nc(/C(=N\OC2(C(=O)O)CCC2)C(=O)NC2C(=O)N3C(C(=O)O)=C(CSc4cn[nH]c(=O)n4)CSC23)cs1. The number of carbonyl (C=O) groups excluding carboxylic acids is 2. The van der Waals surface area contributed by atoms with E-state index < -0.39 is 46.5 Å². The van der Waals surface area contributed by atoms with Crippen molar-refractivity contribution in [3.8, 4) is 0 Å². The maximum Gasteiger partial charge on any atom is 0.362 e. The molecule has 2 unspecified atom stereocenters. The summed E-state index contributed by atoms with van der Waals surface area (Å²) in [4.78, 5) is 75.6. The molecule has 0 bridgehead atoms. The van der Waals surface area contributed by atoms with Gasteiger partial charge in [0, 0.05) is 29.7 Å². The molecule has 6 N–H and O–H groups in total. The van der Waals surface area contributed by atoms with E-state index in [1.807, 2.05) is 0 Å². The Bertz CT molecular complexity index is 1520. The quantitative estimate of drug-likeness (QED) is 0.0985. The molecule has 0 radical (unpaired) electrons. The summed E-state index contributed by atoms with van der Waals surface area (Å²) in [5.74, 6) is -3.66. The van der Waals surface area contributed by atoms with Crippen LogP contribution in [0.3, 0.4) is 0 Å². The molecule has 0 aromatic carbocycles. The van der Waals surface area contributed by atoms with Crippen LogP contribution in [-0.2, 0) is 24.0 Å². The molecule has 19 heteroatoms. The fraction of sp³-hybridized carbons (Fsp3) is 0.381. The molecule has 16 nitrogen and oxygen atoms in total. The molecule has 1 aliphatic carbocycles. The van der Waals surface area contributed by atoms with Crippen LogP contribution in [0.25, 0.3) is 0 Å². The zero-order chi connectivity index (χ0) is 28.6. The van der Waals surface area contributed by atoms with Gasteiger partial charge >= 0.3 is 17.6 Å². The van der Waals surface area contributed by atoms with Crippen molar-refractivity contribution in [3.63, 3.8) is 0 Å². The molecule has 2 aromatic rings. The summed E-state index contributed by atoms with van der Waals surface area (Å²) in [5.41, 5.74) is 3.40. The second kappa shape index (κ2) is 10.9. The number of nitrogens with one attached hydrogen (secondary N) is 2. The summed E-state index contributed by atoms with van der Waals surface area (Å²) in [6.45, 7) is 0. The summed E-state index contributed by atoms with van der Waals surface area (Å²) in [6.07, 6.45) is 2.38. The van der Waals surface area contributed by atoms with E-state index in [0.717, 1.165) is 28.0 Å². The minimum atomic E-state index is -1.55. The first-order chi connectivity index (χ1) is 19.1. The Balaban J connectivity index is 1.33. The van der Waals surface area contributed by atoms with E-state index in [1.54, 1.807) is 0 Å². The van der Waals surface area contributed by atoms with E-state index in [2.05, 4.69) is 30.6 Å². The predicted molar refractivity (Wildman–Crippen MR) is 141 cm³/mol. The van der Waals surface area contributed by atoms with Crippen molar-refractivity contribution in [1.29, 1.82) is 0 Å². The number of nitrogens with zero attached hydrogens (tertiary/aromatic N) is 5. The maximum atomic E-state index is 13.2. The smallest absolute Gasteiger partial charge is 0.362 e. The monoisotopic (exact) mass is 608 g/mol. The number of aromatic nitrogens is 4. The number of nitrogen functional groups attached to an aromatic ring is 1. The molecule has 2 atom stereocenters. The van der Waals surface area contributed by atoms with Crippen LogP contribution in [0.15, 0.2) is 37.8 Å². The van der Waals surface area contributed by atoms with Crippen LogP contribution in [0.5, 0.6) is 0 Å². The number of aromatic amines is 1. The minimum Gasteiger partial charge on any atom is -0.478 e. The number of hydrogen-bond donors (Lipinski definition) is 5. The highest BCUT2D eigenvalue weighted by atomic mass is 32.2. The second-order valence-corrected chi connectivity index (χ2v) is 11.8. The van der Waals surface area contributed by atoms with Gasteiger partial charge in [-0.15, -0.1) is 34.9 Å². The highest BCUT2D eigenvalue weighted by Gasteiger charge is 2.54. The van der Waals surface area contributed by atoms with Crippen molar-refractivity contribution >= 4 is 69.5 Å². The fourth-order valence-electron chi connectivity index (χ4n) is 4.11. The number of β-lactam (4-membered cyclic amide) rings is 1. The Morgan fingerprint density at radius 1 is 1.30 bits per heavy atom. The third kappa shape index (κ3) is 5.13. The van der Waals surface area contributed by atoms with E-state index in [-0.39, 0.29) is 51.6 Å². The molecule has 2 aromatic heterocycles. The van der Waals surface area contributed by atoms with Crippen molar-refractivity contribution in [2.24, 2.45) is 5.16 Å². The Morgan fingerprint density at radius 3 is 2.67 bits per heavy atom. The first kappa shape index (κ1) is 27.6. The van der Waals surface area contributed by atoms with Crippen molar-refractivity contribution in [2.75, 3.05) is 17.2 Å². The second-order valence-electron chi connectivity index (χ2n) is 8.79. The topological polar surface area (TPSA) is 243 Å². The van der Waals surface area contributed by atoms with Crippen molar-refractivity contribution < 1.29 is 34.2 Å². The van der Waals surface area contributed by atoms with Gasteiger partial charge in [-0.25, -0.2) is 24.5 Å². The predicted octanol–water partition coefficient (Wildman–Crippen LogP) is -0.538. The number of thioether (sulfide) groups is 2. The molecular formula is C21H20N8O8S3. The van der Waals surface area contributed by atoms with Crippen LogP contribution in [0.1, 0.15) is 25.0 Å². The van der Waals surface area contributed by atoms with E-state index in [1.165, 1.54) is 23.3 Å². The van der Waals surface area contributed by atoms with Crippen LogP contribution in [0.4, 0.5) is 5.13 Å². The first-order valence-corrected chi connectivity index (χ1v) is 14.5. The van der Waals surface area contributed by atoms with Crippen LogP contribution >= 0.6 is 34.9 Å². The van der Waals surface area contributed by atoms with Gasteiger partial charge in [0.25, 0.3) is 11.8 Å². The number of aliphatic carboxylic acids is 2. The minimum absolute atomic E-state index is 0.0352. The van der Waals surface area contributed by atoms with Gasteiger partial charge in [0.2, 0.25) is 5.60 Å². The molecule has 4 heterocycles. The molecule has 5 rings (SSSR count). The van der Waals surface area contributed by atoms with Crippen molar-refractivity contribution in [1.82, 2.24) is 30.4 Å². The van der Waals surface area contributed by atoms with Gasteiger partial charge in [0.1, 0.15) is 27.8 Å². The van der Waals surface area contributed by atoms with Crippen LogP contribution in [0.2, 0.25) is 0 Å². The highest BCUT2D eigenvalue weighted by Crippen LogP contribution is 2.41. The van der Waals surface area contributed by atoms with Gasteiger partial charge in [-0.05, 0) is 12.0 Å². The highest BCUT2D eigenvalue weighted by molar-refractivity contribution is 8.01. The number of oxime groups is 1. The lowest BCUT2D eigenvalue weighted by molar-refractivity contribution is -0.178. The molecule has 3 aliphatic rings. The number of fused-ring (bicyclic) bond motifs is 1. The van der Waals surface area contributed by atoms with Gasteiger partial charge in [-0.2, -0.15) is 10.1 Å². The lowest BCUT2D eigenvalue weighted by Gasteiger charge is -2.49. The van der Waals surface area contributed by atoms with Crippen molar-refractivity contribution in [2.45, 2.75) is 41.3 Å². The van der Waals surface area contributed by atoms with E-state index in [9.17, 15) is 34.2 Å². The first-order valence-electron chi connectivity index (χ1n) is 11.6. The van der Waals surface area contributed by atoms with Gasteiger partial charge in [0.05, 0.1) is 6.20 Å². The summed E-state index contributed by atoms with van der Waals surface area (Å²) < 4.78 is 0. The molecular weight excluding hydrogens is 588 g/mol. The number of thiazole rings is 1. The molecule has 40 heavy (non-hydrogen) atoms. The summed E-state index contributed by atoms with van der Waals surface area (Å²) >= 11 is 3.38. The number of carboxylic acids is 2. The van der Waals surface area contributed by atoms with Crippen LogP contribution < -0.4 is 16.7 Å². The van der Waals surface area contributed by atoms with Crippen LogP contribution in [-0.4, -0.2) is 93.3 Å². The summed E-state index contributed by atoms with van der Waals surface area (Å²) in [5, 5.41) is 32.7. The third-order valence-corrected chi connectivity index (χ3v) is 9.32. The zero-order valence-electron chi connectivity index (χ0n) is 20.2. The zero-order valence-corrected chi connectivity index (χ0v) is 22.7. The number of anilines is 1. The summed E-state index contributed by atoms with van der Waals surface area (Å²) in [7, 11) is 0. The number of amides is 2. The number of nitrogens with two attached hydrogens (primary N) is 1. The lowest BCUT2D eigenvalue weighted by atomic mass is 9.80. The van der Waals surface area contributed by atoms with E-state index in [4.69, 9.17) is 10.6 Å². The number of rotatable bonds is 10. The summed E-state index contributed by atoms with van der Waals surface area (Å²) in [6, 6.07) is -1.09. The van der Waals surface area contributed by atoms with E-state index >= 15 is 0 Å². The van der Waals surface area contributed by atoms with Gasteiger partial charge < -0.3 is 26.1 Å². The lowest BCUT2D eigenvalue weighted by Crippen LogP contribution is -2.71. The van der Waals surface area contributed by atoms with Gasteiger partial charge in [0.15, 0.2) is 10.8 Å². The Kier molecular flexibility index (Phi) is 7.51. The standard InChI is InChI=1S/C21H20N8O8S3/c22-19-24-9(7-40-19)11(28-37-21(18(34)35)2-1-3-21)14(30)26-12-15(31)29-13(17(32)33)8(6-39-16(12)29)5-38-10-4-23-27-20(36)25-10/h4,7,12,16H,1-3,5-6H2,(H2,22,24)(H,26,30)(H,32,33)(H,34,35)(H,25,27,36)/b28-11+. The molecule has 0 spiro atoms. The molecule has 210 valence electrons.